The molecular weight excluding hydrogens is 268 g/mol. The largest absolute Gasteiger partial charge is 0.163 e. The topological polar surface area (TPSA) is 24.7 Å². The highest BCUT2D eigenvalue weighted by Crippen LogP contribution is 2.19. The van der Waals surface area contributed by atoms with E-state index in [9.17, 15) is 0 Å². The number of rotatable bonds is 1. The van der Waals surface area contributed by atoms with E-state index in [1.807, 2.05) is 6.21 Å². The van der Waals surface area contributed by atoms with Crippen molar-refractivity contribution in [3.05, 3.63) is 23.8 Å². The summed E-state index contributed by atoms with van der Waals surface area (Å²) in [6, 6.07) is 0. The van der Waals surface area contributed by atoms with E-state index in [1.54, 1.807) is 0 Å². The van der Waals surface area contributed by atoms with E-state index >= 15 is 0 Å². The standard InChI is InChI=1S/C20H32N2/c1-2-4-8-12-16-19(15-11-7-3-1)20-17-13-9-5-6-10-14-18-21-22-20/h7,11,15,18H,1-6,8-10,12-14,16-17H2. The molecule has 0 bridgehead atoms. The highest BCUT2D eigenvalue weighted by molar-refractivity contribution is 6.00. The van der Waals surface area contributed by atoms with E-state index < -0.39 is 0 Å². The molecule has 0 unspecified atom stereocenters. The van der Waals surface area contributed by atoms with E-state index in [4.69, 9.17) is 0 Å². The lowest BCUT2D eigenvalue weighted by molar-refractivity contribution is 0.618. The van der Waals surface area contributed by atoms with Gasteiger partial charge in [0.25, 0.3) is 0 Å². The molecule has 122 valence electrons. The van der Waals surface area contributed by atoms with Gasteiger partial charge in [0.05, 0.1) is 5.71 Å². The Morgan fingerprint density at radius 3 is 2.23 bits per heavy atom. The molecule has 2 rings (SSSR count). The first-order valence-corrected chi connectivity index (χ1v) is 9.41. The lowest BCUT2D eigenvalue weighted by Crippen LogP contribution is -2.03. The minimum atomic E-state index is 1.08. The maximum absolute atomic E-state index is 4.58. The van der Waals surface area contributed by atoms with Crippen molar-refractivity contribution >= 4 is 11.9 Å². The third kappa shape index (κ3) is 7.20. The first kappa shape index (κ1) is 17.2. The maximum Gasteiger partial charge on any atom is 0.0662 e. The van der Waals surface area contributed by atoms with Gasteiger partial charge in [0, 0.05) is 6.21 Å². The highest BCUT2D eigenvalue weighted by Gasteiger charge is 2.08. The van der Waals surface area contributed by atoms with Gasteiger partial charge in [0.2, 0.25) is 0 Å². The zero-order valence-electron chi connectivity index (χ0n) is 14.1. The third-order valence-electron chi connectivity index (χ3n) is 4.63. The second-order valence-electron chi connectivity index (χ2n) is 6.58. The van der Waals surface area contributed by atoms with Crippen LogP contribution in [0.15, 0.2) is 34.0 Å². The minimum Gasteiger partial charge on any atom is -0.163 e. The van der Waals surface area contributed by atoms with Crippen molar-refractivity contribution in [2.24, 2.45) is 10.2 Å². The molecule has 2 heteroatoms. The Kier molecular flexibility index (Phi) is 8.90. The molecule has 0 amide bonds. The Balaban J connectivity index is 2.06. The average Bonchev–Trinajstić information content (AvgIpc) is 2.64. The molecule has 1 aliphatic carbocycles. The van der Waals surface area contributed by atoms with Gasteiger partial charge >= 0.3 is 0 Å². The minimum absolute atomic E-state index is 1.08. The predicted molar refractivity (Wildman–Crippen MR) is 97.8 cm³/mol. The molecule has 22 heavy (non-hydrogen) atoms. The zero-order valence-corrected chi connectivity index (χ0v) is 14.1. The summed E-state index contributed by atoms with van der Waals surface area (Å²) in [5.74, 6) is 0. The molecule has 0 atom stereocenters. The second-order valence-corrected chi connectivity index (χ2v) is 6.58. The first-order chi connectivity index (χ1) is 11.0. The van der Waals surface area contributed by atoms with E-state index in [0.29, 0.717) is 0 Å². The van der Waals surface area contributed by atoms with Gasteiger partial charge in [-0.2, -0.15) is 10.2 Å². The molecule has 2 nitrogen and oxygen atoms in total. The van der Waals surface area contributed by atoms with Gasteiger partial charge in [-0.05, 0) is 56.9 Å². The summed E-state index contributed by atoms with van der Waals surface area (Å²) < 4.78 is 0. The van der Waals surface area contributed by atoms with Crippen LogP contribution < -0.4 is 0 Å². The van der Waals surface area contributed by atoms with E-state index in [0.717, 1.165) is 12.8 Å². The highest BCUT2D eigenvalue weighted by atomic mass is 15.2. The molecule has 0 spiro atoms. The van der Waals surface area contributed by atoms with Crippen molar-refractivity contribution in [3.8, 4) is 0 Å². The van der Waals surface area contributed by atoms with Crippen LogP contribution in [0.1, 0.15) is 89.9 Å². The molecule has 0 fully saturated rings. The van der Waals surface area contributed by atoms with Crippen molar-refractivity contribution in [3.63, 3.8) is 0 Å². The Hall–Kier alpha value is -1.18. The Bertz CT molecular complexity index is 375. The summed E-state index contributed by atoms with van der Waals surface area (Å²) in [4.78, 5) is 0. The first-order valence-electron chi connectivity index (χ1n) is 9.41. The molecular formula is C20H32N2. The summed E-state index contributed by atoms with van der Waals surface area (Å²) >= 11 is 0. The fourth-order valence-corrected chi connectivity index (χ4v) is 3.21. The number of nitrogens with zero attached hydrogens (tertiary/aromatic N) is 2. The maximum atomic E-state index is 4.58. The van der Waals surface area contributed by atoms with Crippen LogP contribution in [0, 0.1) is 0 Å². The lowest BCUT2D eigenvalue weighted by atomic mass is 9.97. The molecule has 0 aromatic carbocycles. The van der Waals surface area contributed by atoms with Crippen molar-refractivity contribution in [1.29, 1.82) is 0 Å². The normalized spacial score (nSPS) is 22.9. The Morgan fingerprint density at radius 1 is 0.682 bits per heavy atom. The van der Waals surface area contributed by atoms with Crippen LogP contribution in [0.25, 0.3) is 0 Å². The van der Waals surface area contributed by atoms with Crippen molar-refractivity contribution < 1.29 is 0 Å². The molecule has 1 aliphatic heterocycles. The molecule has 0 aromatic heterocycles. The van der Waals surface area contributed by atoms with Gasteiger partial charge in [0.1, 0.15) is 0 Å². The fraction of sp³-hybridized carbons (Fsp3) is 0.700. The average molecular weight is 300 g/mol. The molecule has 0 N–H and O–H groups in total. The summed E-state index contributed by atoms with van der Waals surface area (Å²) in [6.07, 6.45) is 26.7. The van der Waals surface area contributed by atoms with Crippen LogP contribution in [0.4, 0.5) is 0 Å². The van der Waals surface area contributed by atoms with Crippen LogP contribution in [-0.4, -0.2) is 11.9 Å². The molecule has 0 saturated heterocycles. The molecule has 1 heterocycles. The predicted octanol–water partition coefficient (Wildman–Crippen LogP) is 6.38. The van der Waals surface area contributed by atoms with Gasteiger partial charge in [-0.3, -0.25) is 0 Å². The van der Waals surface area contributed by atoms with Crippen molar-refractivity contribution in [1.82, 2.24) is 0 Å². The summed E-state index contributed by atoms with van der Waals surface area (Å²) in [6.45, 7) is 0. The number of hydrogen-bond acceptors (Lipinski definition) is 2. The monoisotopic (exact) mass is 300 g/mol. The fourth-order valence-electron chi connectivity index (χ4n) is 3.21. The van der Waals surface area contributed by atoms with Crippen LogP contribution in [-0.2, 0) is 0 Å². The van der Waals surface area contributed by atoms with Gasteiger partial charge in [-0.15, -0.1) is 0 Å². The Labute approximate surface area is 136 Å². The molecule has 0 aromatic rings. The van der Waals surface area contributed by atoms with Crippen LogP contribution in [0.3, 0.4) is 0 Å². The van der Waals surface area contributed by atoms with Gasteiger partial charge < -0.3 is 0 Å². The quantitative estimate of drug-likeness (QED) is 0.536. The summed E-state index contributed by atoms with van der Waals surface area (Å²) in [5, 5.41) is 8.93. The smallest absolute Gasteiger partial charge is 0.0662 e. The van der Waals surface area contributed by atoms with Crippen LogP contribution in [0.5, 0.6) is 0 Å². The van der Waals surface area contributed by atoms with Crippen molar-refractivity contribution in [2.45, 2.75) is 89.9 Å². The number of hydrogen-bond donors (Lipinski definition) is 0. The van der Waals surface area contributed by atoms with Crippen LogP contribution >= 0.6 is 0 Å². The molecule has 2 aliphatic rings. The van der Waals surface area contributed by atoms with E-state index in [2.05, 4.69) is 28.4 Å². The molecule has 0 saturated carbocycles. The zero-order chi connectivity index (χ0) is 15.3. The van der Waals surface area contributed by atoms with E-state index in [1.165, 1.54) is 88.3 Å². The van der Waals surface area contributed by atoms with Crippen molar-refractivity contribution in [2.75, 3.05) is 0 Å². The summed E-state index contributed by atoms with van der Waals surface area (Å²) in [7, 11) is 0. The summed E-state index contributed by atoms with van der Waals surface area (Å²) in [5.41, 5.74) is 2.66. The Morgan fingerprint density at radius 2 is 1.36 bits per heavy atom. The molecule has 0 radical (unpaired) electrons. The SMILES string of the molecule is C1=CCCCCCCCC(C2=NN=CCCCCCCC2)=C1. The van der Waals surface area contributed by atoms with E-state index in [-0.39, 0.29) is 0 Å². The van der Waals surface area contributed by atoms with Gasteiger partial charge in [0.15, 0.2) is 0 Å². The third-order valence-corrected chi connectivity index (χ3v) is 4.63. The van der Waals surface area contributed by atoms with Crippen LogP contribution in [0.2, 0.25) is 0 Å². The lowest BCUT2D eigenvalue weighted by Gasteiger charge is -2.10. The second kappa shape index (κ2) is 11.4. The van der Waals surface area contributed by atoms with Gasteiger partial charge in [-0.25, -0.2) is 0 Å². The van der Waals surface area contributed by atoms with Gasteiger partial charge in [-0.1, -0.05) is 56.8 Å². The number of allylic oxidation sites excluding steroid dienone is 4.